The normalized spacial score (nSPS) is 11.8. The lowest BCUT2D eigenvalue weighted by atomic mass is 10.0. The Bertz CT molecular complexity index is 1680. The number of carbonyl (C=O) groups excluding carboxylic acids is 2. The number of nitrogens with one attached hydrogen (secondary N) is 1. The van der Waals surface area contributed by atoms with Crippen molar-refractivity contribution in [3.05, 3.63) is 120 Å². The van der Waals surface area contributed by atoms with Crippen LogP contribution in [0.5, 0.6) is 11.5 Å². The predicted octanol–water partition coefficient (Wildman–Crippen LogP) is 5.31. The van der Waals surface area contributed by atoms with Crippen LogP contribution in [-0.2, 0) is 32.6 Å². The number of para-hydroxylation sites is 2. The van der Waals surface area contributed by atoms with Crippen LogP contribution in [0.15, 0.2) is 114 Å². The van der Waals surface area contributed by atoms with Crippen molar-refractivity contribution in [1.82, 2.24) is 10.2 Å². The zero-order valence-electron chi connectivity index (χ0n) is 26.6. The van der Waals surface area contributed by atoms with Gasteiger partial charge in [-0.05, 0) is 53.4 Å². The summed E-state index contributed by atoms with van der Waals surface area (Å²) >= 11 is 0. The molecule has 0 aliphatic rings. The van der Waals surface area contributed by atoms with Crippen molar-refractivity contribution in [2.24, 2.45) is 5.92 Å². The second-order valence-electron chi connectivity index (χ2n) is 11.2. The van der Waals surface area contributed by atoms with Crippen molar-refractivity contribution in [2.45, 2.75) is 37.8 Å². The fourth-order valence-electron chi connectivity index (χ4n) is 4.98. The third-order valence-corrected chi connectivity index (χ3v) is 9.21. The molecule has 4 rings (SSSR count). The van der Waals surface area contributed by atoms with E-state index in [1.54, 1.807) is 36.4 Å². The summed E-state index contributed by atoms with van der Waals surface area (Å²) in [6, 6.07) is 30.5. The molecule has 1 atom stereocenters. The van der Waals surface area contributed by atoms with E-state index in [1.807, 2.05) is 74.5 Å². The summed E-state index contributed by atoms with van der Waals surface area (Å²) in [6.07, 6.45) is 0.239. The number of carbonyl (C=O) groups is 2. The fourth-order valence-corrected chi connectivity index (χ4v) is 6.41. The van der Waals surface area contributed by atoms with E-state index < -0.39 is 28.5 Å². The van der Waals surface area contributed by atoms with E-state index in [0.717, 1.165) is 15.4 Å². The first-order valence-electron chi connectivity index (χ1n) is 15.1. The Morgan fingerprint density at radius 2 is 1.35 bits per heavy atom. The molecule has 46 heavy (non-hydrogen) atoms. The van der Waals surface area contributed by atoms with Crippen molar-refractivity contribution in [1.29, 1.82) is 0 Å². The van der Waals surface area contributed by atoms with E-state index in [1.165, 1.54) is 31.3 Å². The first-order chi connectivity index (χ1) is 22.1. The minimum Gasteiger partial charge on any atom is -0.497 e. The zero-order valence-corrected chi connectivity index (χ0v) is 27.4. The van der Waals surface area contributed by atoms with E-state index in [4.69, 9.17) is 9.47 Å². The maximum atomic E-state index is 14.6. The van der Waals surface area contributed by atoms with Crippen LogP contribution in [0.4, 0.5) is 5.69 Å². The Morgan fingerprint density at radius 1 is 0.761 bits per heavy atom. The summed E-state index contributed by atoms with van der Waals surface area (Å²) in [5.74, 6) is 0.0908. The second-order valence-corrected chi connectivity index (χ2v) is 13.1. The summed E-state index contributed by atoms with van der Waals surface area (Å²) in [5.41, 5.74) is 1.86. The zero-order chi connectivity index (χ0) is 33.1. The van der Waals surface area contributed by atoms with Gasteiger partial charge < -0.3 is 19.7 Å². The Hall–Kier alpha value is -4.83. The summed E-state index contributed by atoms with van der Waals surface area (Å²) in [7, 11) is -1.36. The average Bonchev–Trinajstić information content (AvgIpc) is 3.08. The molecule has 0 aliphatic heterocycles. The van der Waals surface area contributed by atoms with Crippen molar-refractivity contribution in [3.8, 4) is 11.5 Å². The third kappa shape index (κ3) is 8.66. The van der Waals surface area contributed by atoms with E-state index in [-0.39, 0.29) is 41.1 Å². The molecule has 0 bridgehead atoms. The Morgan fingerprint density at radius 3 is 1.93 bits per heavy atom. The Kier molecular flexibility index (Phi) is 11.8. The van der Waals surface area contributed by atoms with E-state index in [0.29, 0.717) is 12.3 Å². The molecule has 9 nitrogen and oxygen atoms in total. The molecule has 242 valence electrons. The topological polar surface area (TPSA) is 105 Å². The van der Waals surface area contributed by atoms with Gasteiger partial charge in [0.15, 0.2) is 0 Å². The van der Waals surface area contributed by atoms with Crippen LogP contribution in [0.2, 0.25) is 0 Å². The second kappa shape index (κ2) is 15.9. The predicted molar refractivity (Wildman–Crippen MR) is 179 cm³/mol. The lowest BCUT2D eigenvalue weighted by molar-refractivity contribution is -0.140. The summed E-state index contributed by atoms with van der Waals surface area (Å²) in [5, 5.41) is 3.00. The molecule has 0 aromatic heterocycles. The third-order valence-electron chi connectivity index (χ3n) is 7.43. The quantitative estimate of drug-likeness (QED) is 0.188. The molecule has 4 aromatic rings. The monoisotopic (exact) mass is 643 g/mol. The van der Waals surface area contributed by atoms with Gasteiger partial charge in [0, 0.05) is 19.5 Å². The molecule has 0 heterocycles. The number of methoxy groups -OCH3 is 2. The van der Waals surface area contributed by atoms with E-state index in [9.17, 15) is 18.0 Å². The number of anilines is 1. The van der Waals surface area contributed by atoms with Crippen molar-refractivity contribution in [3.63, 3.8) is 0 Å². The molecule has 0 aliphatic carbocycles. The van der Waals surface area contributed by atoms with E-state index >= 15 is 0 Å². The number of hydrogen-bond acceptors (Lipinski definition) is 6. The molecule has 10 heteroatoms. The highest BCUT2D eigenvalue weighted by Gasteiger charge is 2.35. The van der Waals surface area contributed by atoms with Gasteiger partial charge in [-0.2, -0.15) is 0 Å². The maximum Gasteiger partial charge on any atom is 0.264 e. The molecule has 0 fully saturated rings. The first kappa shape index (κ1) is 34.1. The first-order valence-corrected chi connectivity index (χ1v) is 16.5. The number of sulfonamides is 1. The molecule has 0 radical (unpaired) electrons. The molecule has 1 N–H and O–H groups in total. The van der Waals surface area contributed by atoms with Crippen molar-refractivity contribution in [2.75, 3.05) is 31.6 Å². The molecule has 0 saturated carbocycles. The molecule has 4 aromatic carbocycles. The van der Waals surface area contributed by atoms with Crippen LogP contribution < -0.4 is 19.1 Å². The van der Waals surface area contributed by atoms with Crippen LogP contribution in [0.3, 0.4) is 0 Å². The number of benzene rings is 4. The van der Waals surface area contributed by atoms with Gasteiger partial charge in [0.05, 0.1) is 24.8 Å². The van der Waals surface area contributed by atoms with Gasteiger partial charge >= 0.3 is 0 Å². The summed E-state index contributed by atoms with van der Waals surface area (Å²) < 4.78 is 40.3. The Labute approximate surface area is 271 Å². The van der Waals surface area contributed by atoms with Gasteiger partial charge in [-0.25, -0.2) is 8.42 Å². The van der Waals surface area contributed by atoms with Crippen LogP contribution in [0.1, 0.15) is 25.0 Å². The minimum absolute atomic E-state index is 0.0304. The fraction of sp³-hybridized carbons (Fsp3) is 0.278. The van der Waals surface area contributed by atoms with Gasteiger partial charge in [-0.1, -0.05) is 86.6 Å². The molecular weight excluding hydrogens is 602 g/mol. The van der Waals surface area contributed by atoms with Gasteiger partial charge in [-0.15, -0.1) is 0 Å². The van der Waals surface area contributed by atoms with Gasteiger partial charge in [0.25, 0.3) is 10.0 Å². The van der Waals surface area contributed by atoms with Crippen molar-refractivity contribution < 1.29 is 27.5 Å². The van der Waals surface area contributed by atoms with Gasteiger partial charge in [-0.3, -0.25) is 13.9 Å². The highest BCUT2D eigenvalue weighted by molar-refractivity contribution is 7.92. The highest BCUT2D eigenvalue weighted by Crippen LogP contribution is 2.33. The van der Waals surface area contributed by atoms with Crippen LogP contribution in [0, 0.1) is 5.92 Å². The number of nitrogens with zero attached hydrogens (tertiary/aromatic N) is 2. The summed E-state index contributed by atoms with van der Waals surface area (Å²) in [4.78, 5) is 29.9. The smallest absolute Gasteiger partial charge is 0.264 e. The largest absolute Gasteiger partial charge is 0.497 e. The Balaban J connectivity index is 1.81. The average molecular weight is 644 g/mol. The van der Waals surface area contributed by atoms with Crippen LogP contribution in [0.25, 0.3) is 0 Å². The summed E-state index contributed by atoms with van der Waals surface area (Å²) in [6.45, 7) is 3.93. The number of rotatable bonds is 15. The molecule has 2 amide bonds. The lowest BCUT2D eigenvalue weighted by Gasteiger charge is -2.34. The minimum atomic E-state index is -4.29. The highest BCUT2D eigenvalue weighted by atomic mass is 32.2. The lowest BCUT2D eigenvalue weighted by Crippen LogP contribution is -2.53. The molecule has 0 spiro atoms. The standard InChI is InChI=1S/C36H41N3O6S/c1-27(2)24-37-36(41)33(23-28-13-7-5-8-14-28)38(25-29-15-9-6-10-16-29)35(40)26-39(32-17-11-12-18-34(32)45-4)46(42,43)31-21-19-30(44-3)20-22-31/h5-22,27,33H,23-26H2,1-4H3,(H,37,41)/t33-/m1/s1. The number of amides is 2. The van der Waals surface area contributed by atoms with Gasteiger partial charge in [0.1, 0.15) is 24.1 Å². The van der Waals surface area contributed by atoms with Crippen LogP contribution in [-0.4, -0.2) is 58.5 Å². The maximum absolute atomic E-state index is 14.6. The number of ether oxygens (including phenoxy) is 2. The number of hydrogen-bond donors (Lipinski definition) is 1. The van der Waals surface area contributed by atoms with E-state index in [2.05, 4.69) is 5.32 Å². The van der Waals surface area contributed by atoms with Crippen molar-refractivity contribution >= 4 is 27.5 Å². The molecule has 0 saturated heterocycles. The molecule has 0 unspecified atom stereocenters. The van der Waals surface area contributed by atoms with Crippen LogP contribution >= 0.6 is 0 Å². The molecular formula is C36H41N3O6S. The van der Waals surface area contributed by atoms with Gasteiger partial charge in [0.2, 0.25) is 11.8 Å². The SMILES string of the molecule is COc1ccc(S(=O)(=O)N(CC(=O)N(Cc2ccccc2)[C@H](Cc2ccccc2)C(=O)NCC(C)C)c2ccccc2OC)cc1.